The molecule has 130 valence electrons. The normalized spacial score (nSPS) is 20.6. The van der Waals surface area contributed by atoms with Gasteiger partial charge in [0.05, 0.1) is 0 Å². The molecule has 0 aromatic carbocycles. The number of hydrogen-bond acceptors (Lipinski definition) is 3. The molecule has 0 saturated carbocycles. The van der Waals surface area contributed by atoms with E-state index < -0.39 is 10.2 Å². The van der Waals surface area contributed by atoms with Crippen LogP contribution >= 0.6 is 0 Å². The van der Waals surface area contributed by atoms with Gasteiger partial charge in [-0.3, -0.25) is 4.98 Å². The molecule has 1 aromatic heterocycles. The second-order valence-electron chi connectivity index (χ2n) is 6.21. The van der Waals surface area contributed by atoms with Crippen molar-refractivity contribution in [3.05, 3.63) is 30.1 Å². The van der Waals surface area contributed by atoms with E-state index in [9.17, 15) is 8.42 Å². The van der Waals surface area contributed by atoms with Crippen molar-refractivity contribution in [1.29, 1.82) is 0 Å². The van der Waals surface area contributed by atoms with E-state index in [1.807, 2.05) is 26.2 Å². The fraction of sp³-hybridized carbons (Fsp3) is 0.706. The molecule has 1 saturated heterocycles. The highest BCUT2D eigenvalue weighted by Gasteiger charge is 2.30. The molecule has 1 atom stereocenters. The maximum absolute atomic E-state index is 12.9. The monoisotopic (exact) mass is 339 g/mol. The second-order valence-corrected chi connectivity index (χ2v) is 8.14. The quantitative estimate of drug-likeness (QED) is 0.767. The summed E-state index contributed by atoms with van der Waals surface area (Å²) >= 11 is 0. The fourth-order valence-corrected chi connectivity index (χ4v) is 5.12. The number of pyridine rings is 1. The highest BCUT2D eigenvalue weighted by molar-refractivity contribution is 7.86. The molecule has 0 radical (unpaired) electrons. The summed E-state index contributed by atoms with van der Waals surface area (Å²) < 4.78 is 29.2. The molecule has 0 amide bonds. The maximum Gasteiger partial charge on any atom is 0.281 e. The first-order chi connectivity index (χ1) is 11.1. The Kier molecular flexibility index (Phi) is 6.99. The summed E-state index contributed by atoms with van der Waals surface area (Å²) in [4.78, 5) is 4.07. The summed E-state index contributed by atoms with van der Waals surface area (Å²) in [6.07, 6.45) is 8.18. The standard InChI is InChI=1S/C17H29N3O2S/c1-3-12-19(13-4-2)23(21,22)20-14-5-6-16(9-15-20)17-7-10-18-11-8-17/h7-8,10-11,16H,3-6,9,12-15H2,1-2H3. The van der Waals surface area contributed by atoms with E-state index in [1.54, 1.807) is 8.61 Å². The number of aromatic nitrogens is 1. The Bertz CT molecular complexity index is 556. The van der Waals surface area contributed by atoms with Gasteiger partial charge in [-0.1, -0.05) is 13.8 Å². The van der Waals surface area contributed by atoms with Crippen LogP contribution in [0, 0.1) is 0 Å². The van der Waals surface area contributed by atoms with Crippen molar-refractivity contribution in [3.8, 4) is 0 Å². The first kappa shape index (κ1) is 18.4. The molecular formula is C17H29N3O2S. The molecule has 2 rings (SSSR count). The summed E-state index contributed by atoms with van der Waals surface area (Å²) in [5, 5.41) is 0. The topological polar surface area (TPSA) is 53.5 Å². The van der Waals surface area contributed by atoms with Crippen molar-refractivity contribution in [1.82, 2.24) is 13.6 Å². The molecule has 5 nitrogen and oxygen atoms in total. The zero-order valence-electron chi connectivity index (χ0n) is 14.3. The molecule has 1 fully saturated rings. The second kappa shape index (κ2) is 8.76. The average Bonchev–Trinajstić information content (AvgIpc) is 2.82. The maximum atomic E-state index is 12.9. The van der Waals surface area contributed by atoms with E-state index in [0.717, 1.165) is 32.1 Å². The Morgan fingerprint density at radius 3 is 2.39 bits per heavy atom. The van der Waals surface area contributed by atoms with Gasteiger partial charge in [0.2, 0.25) is 0 Å². The first-order valence-corrected chi connectivity index (χ1v) is 10.1. The van der Waals surface area contributed by atoms with Gasteiger partial charge < -0.3 is 0 Å². The van der Waals surface area contributed by atoms with Gasteiger partial charge in [0.25, 0.3) is 10.2 Å². The summed E-state index contributed by atoms with van der Waals surface area (Å²) in [5.74, 6) is 0.434. The van der Waals surface area contributed by atoms with Crippen molar-refractivity contribution >= 4 is 10.2 Å². The molecule has 1 aliphatic rings. The summed E-state index contributed by atoms with van der Waals surface area (Å²) in [5.41, 5.74) is 1.28. The van der Waals surface area contributed by atoms with Crippen molar-refractivity contribution in [2.24, 2.45) is 0 Å². The minimum absolute atomic E-state index is 0.434. The van der Waals surface area contributed by atoms with Crippen LogP contribution in [0.15, 0.2) is 24.5 Å². The van der Waals surface area contributed by atoms with Crippen LogP contribution in [0.25, 0.3) is 0 Å². The molecule has 0 aliphatic carbocycles. The molecule has 23 heavy (non-hydrogen) atoms. The third-order valence-electron chi connectivity index (χ3n) is 4.46. The van der Waals surface area contributed by atoms with Crippen LogP contribution in [0.3, 0.4) is 0 Å². The minimum atomic E-state index is -3.32. The third-order valence-corrected chi connectivity index (χ3v) is 6.50. The average molecular weight is 340 g/mol. The summed E-state index contributed by atoms with van der Waals surface area (Å²) in [7, 11) is -3.32. The van der Waals surface area contributed by atoms with Crippen LogP contribution in [0.2, 0.25) is 0 Å². The van der Waals surface area contributed by atoms with E-state index >= 15 is 0 Å². The van der Waals surface area contributed by atoms with Crippen molar-refractivity contribution in [3.63, 3.8) is 0 Å². The molecule has 1 aliphatic heterocycles. The molecule has 0 bridgehead atoms. The zero-order valence-corrected chi connectivity index (χ0v) is 15.1. The van der Waals surface area contributed by atoms with E-state index in [2.05, 4.69) is 17.1 Å². The smallest absolute Gasteiger partial charge is 0.265 e. The molecule has 1 unspecified atom stereocenters. The highest BCUT2D eigenvalue weighted by atomic mass is 32.2. The molecule has 0 spiro atoms. The van der Waals surface area contributed by atoms with Crippen LogP contribution in [0.1, 0.15) is 57.4 Å². The van der Waals surface area contributed by atoms with Gasteiger partial charge in [0.15, 0.2) is 0 Å². The van der Waals surface area contributed by atoms with Gasteiger partial charge in [-0.15, -0.1) is 0 Å². The Morgan fingerprint density at radius 2 is 1.78 bits per heavy atom. The van der Waals surface area contributed by atoms with Crippen LogP contribution in [-0.4, -0.2) is 48.2 Å². The van der Waals surface area contributed by atoms with Gasteiger partial charge in [-0.05, 0) is 55.7 Å². The highest BCUT2D eigenvalue weighted by Crippen LogP contribution is 2.29. The van der Waals surface area contributed by atoms with Crippen molar-refractivity contribution < 1.29 is 8.42 Å². The Labute approximate surface area is 140 Å². The molecular weight excluding hydrogens is 310 g/mol. The lowest BCUT2D eigenvalue weighted by Crippen LogP contribution is -2.45. The molecule has 1 aromatic rings. The SMILES string of the molecule is CCCN(CCC)S(=O)(=O)N1CCCC(c2ccncc2)CC1. The van der Waals surface area contributed by atoms with Crippen molar-refractivity contribution in [2.75, 3.05) is 26.2 Å². The summed E-state index contributed by atoms with van der Waals surface area (Å²) in [6.45, 7) is 6.52. The predicted octanol–water partition coefficient (Wildman–Crippen LogP) is 3.02. The summed E-state index contributed by atoms with van der Waals surface area (Å²) in [6, 6.07) is 4.10. The van der Waals surface area contributed by atoms with Gasteiger partial charge in [-0.2, -0.15) is 17.0 Å². The van der Waals surface area contributed by atoms with E-state index in [0.29, 0.717) is 32.1 Å². The lowest BCUT2D eigenvalue weighted by Gasteiger charge is -2.28. The van der Waals surface area contributed by atoms with Crippen LogP contribution in [0.4, 0.5) is 0 Å². The minimum Gasteiger partial charge on any atom is -0.265 e. The zero-order chi connectivity index (χ0) is 16.7. The Hall–Kier alpha value is -0.980. The van der Waals surface area contributed by atoms with Crippen LogP contribution in [0.5, 0.6) is 0 Å². The van der Waals surface area contributed by atoms with Crippen LogP contribution in [-0.2, 0) is 10.2 Å². The number of hydrogen-bond donors (Lipinski definition) is 0. The first-order valence-electron chi connectivity index (χ1n) is 8.74. The van der Waals surface area contributed by atoms with E-state index in [1.165, 1.54) is 5.56 Å². The third kappa shape index (κ3) is 4.75. The van der Waals surface area contributed by atoms with Gasteiger partial charge >= 0.3 is 0 Å². The van der Waals surface area contributed by atoms with Crippen LogP contribution < -0.4 is 0 Å². The lowest BCUT2D eigenvalue weighted by molar-refractivity contribution is 0.338. The number of nitrogens with zero attached hydrogens (tertiary/aromatic N) is 3. The molecule has 2 heterocycles. The Balaban J connectivity index is 2.06. The van der Waals surface area contributed by atoms with E-state index in [4.69, 9.17) is 0 Å². The van der Waals surface area contributed by atoms with Gasteiger partial charge in [0, 0.05) is 38.6 Å². The molecule has 6 heteroatoms. The van der Waals surface area contributed by atoms with Crippen molar-refractivity contribution in [2.45, 2.75) is 51.9 Å². The van der Waals surface area contributed by atoms with Gasteiger partial charge in [-0.25, -0.2) is 0 Å². The van der Waals surface area contributed by atoms with Gasteiger partial charge in [0.1, 0.15) is 0 Å². The largest absolute Gasteiger partial charge is 0.281 e. The van der Waals surface area contributed by atoms with E-state index in [-0.39, 0.29) is 0 Å². The lowest BCUT2D eigenvalue weighted by atomic mass is 9.93. The fourth-order valence-electron chi connectivity index (χ4n) is 3.27. The number of rotatable bonds is 7. The predicted molar refractivity (Wildman–Crippen MR) is 93.5 cm³/mol. The Morgan fingerprint density at radius 1 is 1.13 bits per heavy atom. The molecule has 0 N–H and O–H groups in total.